The predicted molar refractivity (Wildman–Crippen MR) is 115 cm³/mol. The lowest BCUT2D eigenvalue weighted by atomic mass is 9.84. The smallest absolute Gasteiger partial charge is 0.240 e. The molecule has 4 heterocycles. The fourth-order valence-corrected chi connectivity index (χ4v) is 4.61. The summed E-state index contributed by atoms with van der Waals surface area (Å²) in [5.74, 6) is 1.32. The Labute approximate surface area is 176 Å². The zero-order chi connectivity index (χ0) is 20.9. The topological polar surface area (TPSA) is 86.8 Å². The molecule has 3 aliphatic rings. The van der Waals surface area contributed by atoms with Gasteiger partial charge in [-0.3, -0.25) is 10.4 Å². The summed E-state index contributed by atoms with van der Waals surface area (Å²) < 4.78 is 7.80. The molecule has 2 aliphatic heterocycles. The molecule has 0 aromatic carbocycles. The first-order chi connectivity index (χ1) is 14.4. The van der Waals surface area contributed by atoms with E-state index in [-0.39, 0.29) is 18.0 Å². The van der Waals surface area contributed by atoms with E-state index in [0.717, 1.165) is 37.0 Å². The largest absolute Gasteiger partial charge is 0.482 e. The number of imidazole rings is 1. The second kappa shape index (κ2) is 7.12. The lowest BCUT2D eigenvalue weighted by molar-refractivity contribution is 0.0180. The van der Waals surface area contributed by atoms with Crippen LogP contribution in [-0.2, 0) is 4.74 Å². The van der Waals surface area contributed by atoms with E-state index in [9.17, 15) is 5.11 Å². The number of aliphatic hydroxyl groups is 1. The molecule has 1 aliphatic carbocycles. The molecule has 30 heavy (non-hydrogen) atoms. The fraction of sp³-hybridized carbons (Fsp3) is 0.500. The first kappa shape index (κ1) is 19.1. The van der Waals surface area contributed by atoms with Gasteiger partial charge in [0.15, 0.2) is 0 Å². The molecule has 158 valence electrons. The molecular weight excluding hydrogens is 380 g/mol. The number of rotatable bonds is 2. The zero-order valence-electron chi connectivity index (χ0n) is 17.6. The molecule has 0 bridgehead atoms. The third kappa shape index (κ3) is 3.35. The Balaban J connectivity index is 1.41. The first-order valence-electron chi connectivity index (χ1n) is 10.5. The fourth-order valence-electron chi connectivity index (χ4n) is 4.61. The van der Waals surface area contributed by atoms with Gasteiger partial charge >= 0.3 is 0 Å². The number of guanidine groups is 1. The van der Waals surface area contributed by atoms with E-state index < -0.39 is 5.60 Å². The standard InChI is InChI=1S/C22H28N6O2/c1-14-12-23-18-5-4-15(13-27(14)18)17-8-11-28-19(17)20(30-3)25-21(26-28)24-16-6-9-22(2,29)10-7-16/h4-5,8,11-13,16-17,19,29H,6-7,9-10H2,1-3H3,(H,24,26). The van der Waals surface area contributed by atoms with Crippen LogP contribution in [0.4, 0.5) is 0 Å². The Morgan fingerprint density at radius 1 is 1.30 bits per heavy atom. The number of methoxy groups -OCH3 is 1. The van der Waals surface area contributed by atoms with Crippen LogP contribution in [0.1, 0.15) is 49.8 Å². The monoisotopic (exact) mass is 408 g/mol. The first-order valence-corrected chi connectivity index (χ1v) is 10.5. The maximum absolute atomic E-state index is 10.2. The minimum absolute atomic E-state index is 0.0673. The van der Waals surface area contributed by atoms with Crippen molar-refractivity contribution >= 4 is 17.5 Å². The number of hydrogen-bond donors (Lipinski definition) is 2. The van der Waals surface area contributed by atoms with Crippen molar-refractivity contribution in [2.45, 2.75) is 63.1 Å². The average Bonchev–Trinajstić information content (AvgIpc) is 3.32. The van der Waals surface area contributed by atoms with Crippen LogP contribution in [0.25, 0.3) is 5.65 Å². The molecule has 1 fully saturated rings. The van der Waals surface area contributed by atoms with Crippen molar-refractivity contribution < 1.29 is 9.84 Å². The van der Waals surface area contributed by atoms with E-state index in [4.69, 9.17) is 9.73 Å². The lowest BCUT2D eigenvalue weighted by Gasteiger charge is -2.35. The molecule has 2 aromatic rings. The molecule has 2 atom stereocenters. The molecular formula is C22H28N6O2. The van der Waals surface area contributed by atoms with Gasteiger partial charge in [-0.2, -0.15) is 4.99 Å². The summed E-state index contributed by atoms with van der Waals surface area (Å²) in [5.41, 5.74) is 5.99. The van der Waals surface area contributed by atoms with Crippen LogP contribution >= 0.6 is 0 Å². The summed E-state index contributed by atoms with van der Waals surface area (Å²) in [6, 6.07) is 4.26. The van der Waals surface area contributed by atoms with E-state index in [1.165, 1.54) is 5.56 Å². The van der Waals surface area contributed by atoms with Crippen molar-refractivity contribution in [3.05, 3.63) is 48.1 Å². The van der Waals surface area contributed by atoms with Crippen LogP contribution in [0.2, 0.25) is 0 Å². The Bertz CT molecular complexity index is 1040. The molecule has 5 rings (SSSR count). The van der Waals surface area contributed by atoms with Gasteiger partial charge in [0.05, 0.1) is 18.8 Å². The molecule has 0 amide bonds. The van der Waals surface area contributed by atoms with Crippen molar-refractivity contribution in [3.63, 3.8) is 0 Å². The van der Waals surface area contributed by atoms with Gasteiger partial charge in [-0.15, -0.1) is 0 Å². The molecule has 2 N–H and O–H groups in total. The number of hydrogen-bond acceptors (Lipinski definition) is 5. The lowest BCUT2D eigenvalue weighted by Crippen LogP contribution is -2.53. The highest BCUT2D eigenvalue weighted by molar-refractivity contribution is 5.99. The minimum atomic E-state index is -0.567. The van der Waals surface area contributed by atoms with Crippen molar-refractivity contribution in [2.24, 2.45) is 9.98 Å². The molecule has 0 saturated heterocycles. The van der Waals surface area contributed by atoms with Crippen LogP contribution in [0.3, 0.4) is 0 Å². The van der Waals surface area contributed by atoms with Gasteiger partial charge in [0.1, 0.15) is 11.7 Å². The van der Waals surface area contributed by atoms with Crippen molar-refractivity contribution in [2.75, 3.05) is 7.11 Å². The second-order valence-corrected chi connectivity index (χ2v) is 8.76. The van der Waals surface area contributed by atoms with Crippen LogP contribution in [0.15, 0.2) is 46.8 Å². The van der Waals surface area contributed by atoms with Gasteiger partial charge < -0.3 is 14.2 Å². The number of nitrogens with zero attached hydrogens (tertiary/aromatic N) is 5. The predicted octanol–water partition coefficient (Wildman–Crippen LogP) is 2.54. The molecule has 8 nitrogen and oxygen atoms in total. The Morgan fingerprint density at radius 3 is 2.87 bits per heavy atom. The summed E-state index contributed by atoms with van der Waals surface area (Å²) >= 11 is 0. The van der Waals surface area contributed by atoms with E-state index in [0.29, 0.717) is 11.9 Å². The Hall–Kier alpha value is -2.87. The minimum Gasteiger partial charge on any atom is -0.482 e. The van der Waals surface area contributed by atoms with Gasteiger partial charge in [0.2, 0.25) is 11.9 Å². The van der Waals surface area contributed by atoms with Gasteiger partial charge in [0.25, 0.3) is 0 Å². The van der Waals surface area contributed by atoms with Gasteiger partial charge in [-0.25, -0.2) is 9.98 Å². The number of ether oxygens (including phenoxy) is 1. The highest BCUT2D eigenvalue weighted by atomic mass is 16.5. The number of aromatic nitrogens is 2. The van der Waals surface area contributed by atoms with Crippen LogP contribution < -0.4 is 5.43 Å². The van der Waals surface area contributed by atoms with Gasteiger partial charge in [-0.05, 0) is 51.2 Å². The second-order valence-electron chi connectivity index (χ2n) is 8.76. The molecule has 0 radical (unpaired) electrons. The van der Waals surface area contributed by atoms with Crippen LogP contribution in [-0.4, -0.2) is 56.2 Å². The normalized spacial score (nSPS) is 32.3. The number of fused-ring (bicyclic) bond motifs is 2. The summed E-state index contributed by atoms with van der Waals surface area (Å²) in [5, 5.41) is 12.2. The number of nitrogens with one attached hydrogen (secondary N) is 1. The summed E-state index contributed by atoms with van der Waals surface area (Å²) in [6.45, 7) is 3.96. The number of aryl methyl sites for hydroxylation is 1. The van der Waals surface area contributed by atoms with E-state index in [2.05, 4.69) is 45.1 Å². The molecule has 2 unspecified atom stereocenters. The molecule has 1 saturated carbocycles. The molecule has 2 aromatic heterocycles. The SMILES string of the molecule is COC1=NC(=NC2CCC(C)(O)CC2)NN2C=CC(c3ccc4ncc(C)n4c3)C12. The number of pyridine rings is 1. The van der Waals surface area contributed by atoms with Crippen molar-refractivity contribution in [3.8, 4) is 0 Å². The third-order valence-electron chi connectivity index (χ3n) is 6.44. The summed E-state index contributed by atoms with van der Waals surface area (Å²) in [6.07, 6.45) is 11.5. The summed E-state index contributed by atoms with van der Waals surface area (Å²) in [4.78, 5) is 13.9. The van der Waals surface area contributed by atoms with Crippen LogP contribution in [0, 0.1) is 6.92 Å². The van der Waals surface area contributed by atoms with E-state index >= 15 is 0 Å². The Kier molecular flexibility index (Phi) is 4.54. The van der Waals surface area contributed by atoms with Crippen LogP contribution in [0.5, 0.6) is 0 Å². The average molecular weight is 409 g/mol. The number of hydrazine groups is 1. The van der Waals surface area contributed by atoms with E-state index in [1.54, 1.807) is 7.11 Å². The zero-order valence-corrected chi connectivity index (χ0v) is 17.6. The quantitative estimate of drug-likeness (QED) is 0.798. The number of aliphatic imine (C=N–C) groups is 2. The highest BCUT2D eigenvalue weighted by Gasteiger charge is 2.40. The third-order valence-corrected chi connectivity index (χ3v) is 6.44. The van der Waals surface area contributed by atoms with Crippen molar-refractivity contribution in [1.82, 2.24) is 19.8 Å². The highest BCUT2D eigenvalue weighted by Crippen LogP contribution is 2.34. The maximum Gasteiger partial charge on any atom is 0.240 e. The summed E-state index contributed by atoms with van der Waals surface area (Å²) in [7, 11) is 1.66. The van der Waals surface area contributed by atoms with Gasteiger partial charge in [0, 0.05) is 30.2 Å². The van der Waals surface area contributed by atoms with Crippen molar-refractivity contribution in [1.29, 1.82) is 0 Å². The Morgan fingerprint density at radius 2 is 2.10 bits per heavy atom. The molecule has 8 heteroatoms. The van der Waals surface area contributed by atoms with Gasteiger partial charge in [-0.1, -0.05) is 12.1 Å². The maximum atomic E-state index is 10.2. The van der Waals surface area contributed by atoms with E-state index in [1.807, 2.05) is 30.4 Å². The molecule has 0 spiro atoms.